The third kappa shape index (κ3) is 6.48. The minimum absolute atomic E-state index is 0.0858. The van der Waals surface area contributed by atoms with E-state index in [1.807, 2.05) is 37.4 Å². The first-order chi connectivity index (χ1) is 15.3. The number of para-hydroxylation sites is 1. The van der Waals surface area contributed by atoms with Gasteiger partial charge in [0.05, 0.1) is 28.1 Å². The van der Waals surface area contributed by atoms with Gasteiger partial charge in [0.2, 0.25) is 5.91 Å². The fraction of sp³-hybridized carbons (Fsp3) is 0.273. The van der Waals surface area contributed by atoms with Crippen LogP contribution in [0.25, 0.3) is 0 Å². The number of hydrogen-bond acceptors (Lipinski definition) is 7. The molecule has 0 fully saturated rings. The molecule has 0 aliphatic rings. The maximum Gasteiger partial charge on any atom is 0.338 e. The molecule has 10 heteroatoms. The van der Waals surface area contributed by atoms with Gasteiger partial charge in [-0.05, 0) is 44.2 Å². The van der Waals surface area contributed by atoms with Crippen LogP contribution in [0.15, 0.2) is 53.7 Å². The number of thioether (sulfide) groups is 1. The van der Waals surface area contributed by atoms with Crippen LogP contribution >= 0.6 is 23.4 Å². The van der Waals surface area contributed by atoms with Crippen molar-refractivity contribution in [1.82, 2.24) is 14.8 Å². The van der Waals surface area contributed by atoms with Crippen LogP contribution < -0.4 is 10.1 Å². The highest BCUT2D eigenvalue weighted by molar-refractivity contribution is 7.99. The predicted octanol–water partition coefficient (Wildman–Crippen LogP) is 4.34. The fourth-order valence-corrected chi connectivity index (χ4v) is 3.50. The number of nitrogens with one attached hydrogen (secondary N) is 1. The van der Waals surface area contributed by atoms with Gasteiger partial charge in [-0.1, -0.05) is 41.6 Å². The van der Waals surface area contributed by atoms with Gasteiger partial charge in [-0.2, -0.15) is 0 Å². The monoisotopic (exact) mass is 474 g/mol. The van der Waals surface area contributed by atoms with Gasteiger partial charge in [-0.15, -0.1) is 10.2 Å². The van der Waals surface area contributed by atoms with Crippen molar-refractivity contribution in [2.24, 2.45) is 7.05 Å². The number of ether oxygens (including phenoxy) is 2. The van der Waals surface area contributed by atoms with Gasteiger partial charge >= 0.3 is 5.97 Å². The molecule has 0 atom stereocenters. The number of nitrogens with zero attached hydrogens (tertiary/aromatic N) is 3. The van der Waals surface area contributed by atoms with Crippen molar-refractivity contribution in [2.75, 3.05) is 11.1 Å². The Kier molecular flexibility index (Phi) is 8.13. The van der Waals surface area contributed by atoms with Crippen molar-refractivity contribution >= 4 is 40.9 Å². The zero-order valence-corrected chi connectivity index (χ0v) is 19.4. The van der Waals surface area contributed by atoms with Gasteiger partial charge in [-0.3, -0.25) is 4.79 Å². The van der Waals surface area contributed by atoms with E-state index in [1.54, 1.807) is 30.5 Å². The highest BCUT2D eigenvalue weighted by Crippen LogP contribution is 2.25. The van der Waals surface area contributed by atoms with E-state index < -0.39 is 5.97 Å². The van der Waals surface area contributed by atoms with Crippen molar-refractivity contribution in [3.63, 3.8) is 0 Å². The summed E-state index contributed by atoms with van der Waals surface area (Å²) in [6.07, 6.45) is -0.248. The summed E-state index contributed by atoms with van der Waals surface area (Å²) < 4.78 is 12.6. The number of anilines is 1. The van der Waals surface area contributed by atoms with E-state index in [2.05, 4.69) is 15.5 Å². The van der Waals surface area contributed by atoms with Crippen LogP contribution in [-0.4, -0.2) is 38.5 Å². The Balaban J connectivity index is 1.56. The molecular weight excluding hydrogens is 452 g/mol. The summed E-state index contributed by atoms with van der Waals surface area (Å²) in [7, 11) is 1.81. The topological polar surface area (TPSA) is 95.3 Å². The molecule has 3 rings (SSSR count). The molecular formula is C22H23ClN4O4S. The first-order valence-corrected chi connectivity index (χ1v) is 11.2. The standard InChI is InChI=1S/C22H23ClN4O4S/c1-14(2)31-21(29)15-9-10-17(23)18(11-15)24-20(28)13-32-22-26-25-19(27(22)3)12-30-16-7-5-4-6-8-16/h4-11,14H,12-13H2,1-3H3,(H,24,28). The van der Waals surface area contributed by atoms with Crippen molar-refractivity contribution in [2.45, 2.75) is 31.7 Å². The molecule has 0 aliphatic carbocycles. The summed E-state index contributed by atoms with van der Waals surface area (Å²) >= 11 is 7.40. The molecule has 1 heterocycles. The number of hydrogen-bond donors (Lipinski definition) is 1. The van der Waals surface area contributed by atoms with Gasteiger partial charge in [0.15, 0.2) is 11.0 Å². The molecule has 0 unspecified atom stereocenters. The van der Waals surface area contributed by atoms with E-state index in [9.17, 15) is 9.59 Å². The highest BCUT2D eigenvalue weighted by atomic mass is 35.5. The SMILES string of the molecule is CC(C)OC(=O)c1ccc(Cl)c(NC(=O)CSc2nnc(COc3ccccc3)n2C)c1. The number of carbonyl (C=O) groups is 2. The van der Waals surface area contributed by atoms with Crippen LogP contribution in [-0.2, 0) is 23.2 Å². The minimum atomic E-state index is -0.481. The normalized spacial score (nSPS) is 10.8. The molecule has 32 heavy (non-hydrogen) atoms. The summed E-state index contributed by atoms with van der Waals surface area (Å²) in [6.45, 7) is 3.79. The lowest BCUT2D eigenvalue weighted by Crippen LogP contribution is -2.16. The molecule has 0 bridgehead atoms. The second-order valence-electron chi connectivity index (χ2n) is 7.05. The number of esters is 1. The summed E-state index contributed by atoms with van der Waals surface area (Å²) in [5, 5.41) is 11.9. The van der Waals surface area contributed by atoms with Crippen LogP contribution in [0, 0.1) is 0 Å². The summed E-state index contributed by atoms with van der Waals surface area (Å²) in [5.41, 5.74) is 0.646. The molecule has 8 nitrogen and oxygen atoms in total. The molecule has 0 saturated heterocycles. The molecule has 0 spiro atoms. The Bertz CT molecular complexity index is 1090. The van der Waals surface area contributed by atoms with Crippen LogP contribution in [0.4, 0.5) is 5.69 Å². The Hall–Kier alpha value is -3.04. The fourth-order valence-electron chi connectivity index (χ4n) is 2.61. The molecule has 0 saturated carbocycles. The Morgan fingerprint density at radius 1 is 1.16 bits per heavy atom. The van der Waals surface area contributed by atoms with E-state index in [1.165, 1.54) is 17.8 Å². The number of carbonyl (C=O) groups excluding carboxylic acids is 2. The zero-order valence-electron chi connectivity index (χ0n) is 17.9. The number of rotatable bonds is 9. The van der Waals surface area contributed by atoms with E-state index >= 15 is 0 Å². The molecule has 3 aromatic rings. The van der Waals surface area contributed by atoms with Gasteiger partial charge < -0.3 is 19.4 Å². The maximum absolute atomic E-state index is 12.4. The molecule has 1 aromatic heterocycles. The first kappa shape index (κ1) is 23.6. The Morgan fingerprint density at radius 2 is 1.91 bits per heavy atom. The largest absolute Gasteiger partial charge is 0.486 e. The lowest BCUT2D eigenvalue weighted by atomic mass is 10.2. The summed E-state index contributed by atoms with van der Waals surface area (Å²) in [6, 6.07) is 14.0. The van der Waals surface area contributed by atoms with E-state index in [0.717, 1.165) is 5.75 Å². The quantitative estimate of drug-likeness (QED) is 0.364. The third-order valence-electron chi connectivity index (χ3n) is 4.19. The highest BCUT2D eigenvalue weighted by Gasteiger charge is 2.15. The first-order valence-electron chi connectivity index (χ1n) is 9.82. The summed E-state index contributed by atoms with van der Waals surface area (Å²) in [5.74, 6) is 0.682. The summed E-state index contributed by atoms with van der Waals surface area (Å²) in [4.78, 5) is 24.5. The second-order valence-corrected chi connectivity index (χ2v) is 8.39. The lowest BCUT2D eigenvalue weighted by molar-refractivity contribution is -0.113. The second kappa shape index (κ2) is 11.0. The molecule has 1 amide bonds. The van der Waals surface area contributed by atoms with Crippen LogP contribution in [0.5, 0.6) is 5.75 Å². The van der Waals surface area contributed by atoms with Crippen molar-refractivity contribution < 1.29 is 19.1 Å². The van der Waals surface area contributed by atoms with Gasteiger partial charge in [0, 0.05) is 7.05 Å². The average molecular weight is 475 g/mol. The predicted molar refractivity (Wildman–Crippen MR) is 123 cm³/mol. The van der Waals surface area contributed by atoms with Gasteiger partial charge in [-0.25, -0.2) is 4.79 Å². The maximum atomic E-state index is 12.4. The van der Waals surface area contributed by atoms with Gasteiger partial charge in [0.1, 0.15) is 12.4 Å². The Labute approximate surface area is 195 Å². The van der Waals surface area contributed by atoms with E-state index in [0.29, 0.717) is 27.3 Å². The minimum Gasteiger partial charge on any atom is -0.486 e. The molecule has 1 N–H and O–H groups in total. The third-order valence-corrected chi connectivity index (χ3v) is 5.54. The molecule has 168 valence electrons. The van der Waals surface area contributed by atoms with Crippen molar-refractivity contribution in [3.05, 3.63) is 64.9 Å². The average Bonchev–Trinajstić information content (AvgIpc) is 3.12. The van der Waals surface area contributed by atoms with Crippen LogP contribution in [0.3, 0.4) is 0 Å². The van der Waals surface area contributed by atoms with Crippen LogP contribution in [0.1, 0.15) is 30.0 Å². The number of aromatic nitrogens is 3. The smallest absolute Gasteiger partial charge is 0.338 e. The molecule has 0 aliphatic heterocycles. The lowest BCUT2D eigenvalue weighted by Gasteiger charge is -2.11. The molecule has 2 aromatic carbocycles. The number of benzene rings is 2. The van der Waals surface area contributed by atoms with E-state index in [4.69, 9.17) is 21.1 Å². The number of amides is 1. The van der Waals surface area contributed by atoms with Crippen LogP contribution in [0.2, 0.25) is 5.02 Å². The van der Waals surface area contributed by atoms with Crippen molar-refractivity contribution in [3.8, 4) is 5.75 Å². The van der Waals surface area contributed by atoms with E-state index in [-0.39, 0.29) is 24.4 Å². The van der Waals surface area contributed by atoms with Crippen molar-refractivity contribution in [1.29, 1.82) is 0 Å². The van der Waals surface area contributed by atoms with Gasteiger partial charge in [0.25, 0.3) is 0 Å². The number of halogens is 1. The Morgan fingerprint density at radius 3 is 2.62 bits per heavy atom. The molecule has 0 radical (unpaired) electrons. The zero-order chi connectivity index (χ0) is 23.1.